The molecule has 1 unspecified atom stereocenters. The fraction of sp³-hybridized carbons (Fsp3) is 1.00. The fourth-order valence-electron chi connectivity index (χ4n) is 2.02. The van der Waals surface area contributed by atoms with Crippen LogP contribution in [0.1, 0.15) is 26.2 Å². The topological polar surface area (TPSA) is 58.6 Å². The Labute approximate surface area is 104 Å². The number of nitrogens with one attached hydrogen (secondary N) is 1. The second-order valence-corrected chi connectivity index (χ2v) is 7.03. The summed E-state index contributed by atoms with van der Waals surface area (Å²) in [6.45, 7) is 4.24. The first kappa shape index (κ1) is 13.3. The van der Waals surface area contributed by atoms with Crippen molar-refractivity contribution in [3.05, 3.63) is 0 Å². The van der Waals surface area contributed by atoms with E-state index in [0.717, 1.165) is 6.54 Å². The Kier molecular flexibility index (Phi) is 4.41. The third-order valence-electron chi connectivity index (χ3n) is 3.19. The second-order valence-electron chi connectivity index (χ2n) is 4.94. The van der Waals surface area contributed by atoms with E-state index < -0.39 is 10.0 Å². The van der Waals surface area contributed by atoms with E-state index in [1.54, 1.807) is 4.31 Å². The number of ether oxygens (including phenoxy) is 1. The molecule has 1 atom stereocenters. The molecule has 0 aromatic carbocycles. The summed E-state index contributed by atoms with van der Waals surface area (Å²) < 4.78 is 31.0. The molecule has 6 heteroatoms. The molecule has 1 saturated heterocycles. The summed E-state index contributed by atoms with van der Waals surface area (Å²) in [6, 6.07) is 0.654. The Morgan fingerprint density at radius 1 is 1.41 bits per heavy atom. The van der Waals surface area contributed by atoms with Crippen molar-refractivity contribution >= 4 is 10.0 Å². The molecule has 1 aliphatic heterocycles. The van der Waals surface area contributed by atoms with Crippen molar-refractivity contribution in [1.29, 1.82) is 0 Å². The van der Waals surface area contributed by atoms with Crippen LogP contribution >= 0.6 is 0 Å². The molecule has 5 nitrogen and oxygen atoms in total. The summed E-state index contributed by atoms with van der Waals surface area (Å²) >= 11 is 0. The molecular weight excluding hydrogens is 240 g/mol. The number of nitrogens with zero attached hydrogens (tertiary/aromatic N) is 1. The van der Waals surface area contributed by atoms with Gasteiger partial charge in [0.2, 0.25) is 10.0 Å². The van der Waals surface area contributed by atoms with Crippen LogP contribution in [0.15, 0.2) is 0 Å². The molecule has 1 heterocycles. The predicted molar refractivity (Wildman–Crippen MR) is 66.4 cm³/mol. The second kappa shape index (κ2) is 5.65. The van der Waals surface area contributed by atoms with E-state index in [1.165, 1.54) is 12.8 Å². The first-order valence-corrected chi connectivity index (χ1v) is 8.01. The van der Waals surface area contributed by atoms with Gasteiger partial charge in [0.05, 0.1) is 18.5 Å². The minimum atomic E-state index is -3.08. The van der Waals surface area contributed by atoms with Gasteiger partial charge in [-0.2, -0.15) is 4.31 Å². The van der Waals surface area contributed by atoms with Crippen molar-refractivity contribution in [2.45, 2.75) is 38.3 Å². The SMILES string of the molecule is CC1CN(S(=O)(=O)CCCNC2CC2)CCO1. The summed E-state index contributed by atoms with van der Waals surface area (Å²) in [5, 5.41) is 3.33. The first-order valence-electron chi connectivity index (χ1n) is 6.41. The Bertz CT molecular complexity index is 341. The van der Waals surface area contributed by atoms with Crippen molar-refractivity contribution < 1.29 is 13.2 Å². The molecule has 17 heavy (non-hydrogen) atoms. The summed E-state index contributed by atoms with van der Waals surface area (Å²) in [4.78, 5) is 0. The molecule has 1 N–H and O–H groups in total. The average molecular weight is 262 g/mol. The van der Waals surface area contributed by atoms with Crippen molar-refractivity contribution in [2.75, 3.05) is 32.0 Å². The van der Waals surface area contributed by atoms with E-state index >= 15 is 0 Å². The Morgan fingerprint density at radius 3 is 2.82 bits per heavy atom. The molecule has 0 amide bonds. The molecule has 2 fully saturated rings. The molecule has 0 spiro atoms. The van der Waals surface area contributed by atoms with Crippen molar-refractivity contribution in [2.24, 2.45) is 0 Å². The van der Waals surface area contributed by atoms with Crippen LogP contribution in [0, 0.1) is 0 Å². The van der Waals surface area contributed by atoms with E-state index in [1.807, 2.05) is 6.92 Å². The molecule has 2 rings (SSSR count). The zero-order valence-corrected chi connectivity index (χ0v) is 11.2. The average Bonchev–Trinajstić information content (AvgIpc) is 3.08. The van der Waals surface area contributed by atoms with Crippen LogP contribution in [0.3, 0.4) is 0 Å². The highest BCUT2D eigenvalue weighted by Gasteiger charge is 2.27. The van der Waals surface area contributed by atoms with Gasteiger partial charge in [0, 0.05) is 19.1 Å². The van der Waals surface area contributed by atoms with Crippen molar-refractivity contribution in [1.82, 2.24) is 9.62 Å². The maximum Gasteiger partial charge on any atom is 0.214 e. The summed E-state index contributed by atoms with van der Waals surface area (Å²) in [5.41, 5.74) is 0. The smallest absolute Gasteiger partial charge is 0.214 e. The van der Waals surface area contributed by atoms with Gasteiger partial charge in [-0.3, -0.25) is 0 Å². The maximum atomic E-state index is 12.0. The Balaban J connectivity index is 1.72. The predicted octanol–water partition coefficient (Wildman–Crippen LogP) is 0.179. The van der Waals surface area contributed by atoms with Gasteiger partial charge in [-0.05, 0) is 32.7 Å². The number of rotatable bonds is 6. The third kappa shape index (κ3) is 4.21. The van der Waals surface area contributed by atoms with Crippen LogP contribution in [0.5, 0.6) is 0 Å². The number of hydrogen-bond donors (Lipinski definition) is 1. The fourth-order valence-corrected chi connectivity index (χ4v) is 3.57. The molecule has 0 radical (unpaired) electrons. The van der Waals surface area contributed by atoms with Crippen LogP contribution in [-0.2, 0) is 14.8 Å². The van der Waals surface area contributed by atoms with Gasteiger partial charge in [-0.1, -0.05) is 0 Å². The lowest BCUT2D eigenvalue weighted by atomic mass is 10.3. The van der Waals surface area contributed by atoms with Crippen LogP contribution in [0.2, 0.25) is 0 Å². The lowest BCUT2D eigenvalue weighted by Gasteiger charge is -2.30. The molecule has 0 bridgehead atoms. The number of morpholine rings is 1. The van der Waals surface area contributed by atoms with E-state index in [2.05, 4.69) is 5.32 Å². The van der Waals surface area contributed by atoms with Crippen molar-refractivity contribution in [3.63, 3.8) is 0 Å². The van der Waals surface area contributed by atoms with Gasteiger partial charge in [-0.25, -0.2) is 8.42 Å². The van der Waals surface area contributed by atoms with Gasteiger partial charge in [0.1, 0.15) is 0 Å². The molecule has 1 saturated carbocycles. The molecule has 1 aliphatic carbocycles. The van der Waals surface area contributed by atoms with Crippen LogP contribution in [0.4, 0.5) is 0 Å². The Morgan fingerprint density at radius 2 is 2.18 bits per heavy atom. The van der Waals surface area contributed by atoms with Crippen LogP contribution in [0.25, 0.3) is 0 Å². The highest BCUT2D eigenvalue weighted by atomic mass is 32.2. The van der Waals surface area contributed by atoms with Gasteiger partial charge in [0.25, 0.3) is 0 Å². The summed E-state index contributed by atoms with van der Waals surface area (Å²) in [6.07, 6.45) is 3.20. The maximum absolute atomic E-state index is 12.0. The normalized spacial score (nSPS) is 27.2. The van der Waals surface area contributed by atoms with E-state index in [4.69, 9.17) is 4.74 Å². The highest BCUT2D eigenvalue weighted by molar-refractivity contribution is 7.89. The highest BCUT2D eigenvalue weighted by Crippen LogP contribution is 2.18. The zero-order chi connectivity index (χ0) is 12.3. The lowest BCUT2D eigenvalue weighted by Crippen LogP contribution is -2.45. The number of hydrogen-bond acceptors (Lipinski definition) is 4. The Hall–Kier alpha value is -0.170. The quantitative estimate of drug-likeness (QED) is 0.694. The minimum Gasteiger partial charge on any atom is -0.376 e. The number of sulfonamides is 1. The molecule has 100 valence electrons. The summed E-state index contributed by atoms with van der Waals surface area (Å²) in [5.74, 6) is 0.249. The van der Waals surface area contributed by atoms with E-state index in [0.29, 0.717) is 32.2 Å². The molecular formula is C11H22N2O3S. The van der Waals surface area contributed by atoms with Gasteiger partial charge in [0.15, 0.2) is 0 Å². The monoisotopic (exact) mass is 262 g/mol. The third-order valence-corrected chi connectivity index (χ3v) is 5.11. The molecule has 0 aromatic heterocycles. The molecule has 0 aromatic rings. The van der Waals surface area contributed by atoms with E-state index in [9.17, 15) is 8.42 Å². The van der Waals surface area contributed by atoms with Crippen molar-refractivity contribution in [3.8, 4) is 0 Å². The van der Waals surface area contributed by atoms with Crippen LogP contribution < -0.4 is 5.32 Å². The minimum absolute atomic E-state index is 0.0168. The first-order chi connectivity index (χ1) is 8.08. The van der Waals surface area contributed by atoms with Gasteiger partial charge in [-0.15, -0.1) is 0 Å². The largest absolute Gasteiger partial charge is 0.376 e. The standard InChI is InChI=1S/C11H22N2O3S/c1-10-9-13(6-7-16-10)17(14,15)8-2-5-12-11-3-4-11/h10-12H,2-9H2,1H3. The van der Waals surface area contributed by atoms with Gasteiger partial charge < -0.3 is 10.1 Å². The molecule has 2 aliphatic rings. The zero-order valence-electron chi connectivity index (χ0n) is 10.4. The summed E-state index contributed by atoms with van der Waals surface area (Å²) in [7, 11) is -3.08. The van der Waals surface area contributed by atoms with Crippen LogP contribution in [-0.4, -0.2) is 56.9 Å². The van der Waals surface area contributed by atoms with E-state index in [-0.39, 0.29) is 11.9 Å². The van der Waals surface area contributed by atoms with Gasteiger partial charge >= 0.3 is 0 Å². The lowest BCUT2D eigenvalue weighted by molar-refractivity contribution is 0.0102.